The molecule has 2 heterocycles. The van der Waals surface area contributed by atoms with Crippen LogP contribution in [0.3, 0.4) is 0 Å². The molecule has 1 aromatic carbocycles. The number of allylic oxidation sites excluding steroid dienone is 1. The number of nitrogens with zero attached hydrogens (tertiary/aromatic N) is 6. The fraction of sp³-hybridized carbons (Fsp3) is 0.389. The Morgan fingerprint density at radius 3 is 2.77 bits per heavy atom. The van der Waals surface area contributed by atoms with Crippen LogP contribution < -0.4 is 4.74 Å². The van der Waals surface area contributed by atoms with E-state index in [2.05, 4.69) is 37.8 Å². The van der Waals surface area contributed by atoms with Crippen LogP contribution in [0.2, 0.25) is 0 Å². The standard InChI is InChI=1S/C18H22N6O2/c1-13-19-20-17(26-13)9-7-5-4-6-8-14-12-15(10-11-16(14)25-3)18-21-23-24(2)22-18/h6,8,10-12H,4-5,7,9H2,1-3H3/b8-6+. The average Bonchev–Trinajstić information content (AvgIpc) is 3.26. The first-order chi connectivity index (χ1) is 12.7. The highest BCUT2D eigenvalue weighted by Crippen LogP contribution is 2.25. The molecule has 0 aliphatic heterocycles. The third-order valence-corrected chi connectivity index (χ3v) is 3.87. The molecule has 0 bridgehead atoms. The number of benzene rings is 1. The molecule has 8 heteroatoms. The molecule has 0 unspecified atom stereocenters. The van der Waals surface area contributed by atoms with Crippen molar-refractivity contribution in [2.45, 2.75) is 32.6 Å². The van der Waals surface area contributed by atoms with Crippen molar-refractivity contribution in [1.82, 2.24) is 30.4 Å². The fourth-order valence-corrected chi connectivity index (χ4v) is 2.59. The van der Waals surface area contributed by atoms with Gasteiger partial charge in [0.1, 0.15) is 5.75 Å². The lowest BCUT2D eigenvalue weighted by molar-refractivity contribution is 0.414. The summed E-state index contributed by atoms with van der Waals surface area (Å²) >= 11 is 0. The molecule has 0 saturated carbocycles. The van der Waals surface area contributed by atoms with Gasteiger partial charge in [-0.2, -0.15) is 4.80 Å². The van der Waals surface area contributed by atoms with E-state index in [1.54, 1.807) is 21.1 Å². The van der Waals surface area contributed by atoms with E-state index in [4.69, 9.17) is 9.15 Å². The molecule has 0 radical (unpaired) electrons. The van der Waals surface area contributed by atoms with Crippen LogP contribution in [-0.4, -0.2) is 37.5 Å². The fourth-order valence-electron chi connectivity index (χ4n) is 2.59. The third-order valence-electron chi connectivity index (χ3n) is 3.87. The van der Waals surface area contributed by atoms with Crippen molar-refractivity contribution in [3.63, 3.8) is 0 Å². The Labute approximate surface area is 151 Å². The number of unbranched alkanes of at least 4 members (excludes halogenated alkanes) is 2. The minimum atomic E-state index is 0.597. The van der Waals surface area contributed by atoms with Gasteiger partial charge in [0.25, 0.3) is 0 Å². The Balaban J connectivity index is 1.57. The molecule has 26 heavy (non-hydrogen) atoms. The number of hydrogen-bond donors (Lipinski definition) is 0. The maximum absolute atomic E-state index is 5.44. The van der Waals surface area contributed by atoms with Crippen LogP contribution in [0.25, 0.3) is 17.5 Å². The maximum atomic E-state index is 5.44. The molecule has 0 saturated heterocycles. The molecule has 3 rings (SSSR count). The van der Waals surface area contributed by atoms with Gasteiger partial charge in [-0.25, -0.2) is 0 Å². The second-order valence-electron chi connectivity index (χ2n) is 5.92. The summed E-state index contributed by atoms with van der Waals surface area (Å²) < 4.78 is 10.8. The molecule has 0 fully saturated rings. The average molecular weight is 354 g/mol. The van der Waals surface area contributed by atoms with E-state index >= 15 is 0 Å². The van der Waals surface area contributed by atoms with Crippen LogP contribution in [0.5, 0.6) is 5.75 Å². The zero-order chi connectivity index (χ0) is 18.4. The lowest BCUT2D eigenvalue weighted by Gasteiger charge is -2.06. The van der Waals surface area contributed by atoms with Gasteiger partial charge in [0.15, 0.2) is 0 Å². The van der Waals surface area contributed by atoms with E-state index in [-0.39, 0.29) is 0 Å². The first-order valence-electron chi connectivity index (χ1n) is 8.53. The highest BCUT2D eigenvalue weighted by molar-refractivity contribution is 5.66. The largest absolute Gasteiger partial charge is 0.496 e. The number of aryl methyl sites for hydroxylation is 3. The zero-order valence-corrected chi connectivity index (χ0v) is 15.2. The maximum Gasteiger partial charge on any atom is 0.216 e. The second-order valence-corrected chi connectivity index (χ2v) is 5.92. The number of aromatic nitrogens is 6. The van der Waals surface area contributed by atoms with E-state index in [9.17, 15) is 0 Å². The Morgan fingerprint density at radius 1 is 1.19 bits per heavy atom. The van der Waals surface area contributed by atoms with E-state index in [1.807, 2.05) is 18.2 Å². The number of rotatable bonds is 8. The van der Waals surface area contributed by atoms with Crippen molar-refractivity contribution in [3.05, 3.63) is 41.6 Å². The van der Waals surface area contributed by atoms with Crippen LogP contribution in [-0.2, 0) is 13.5 Å². The van der Waals surface area contributed by atoms with Crippen molar-refractivity contribution in [1.29, 1.82) is 0 Å². The topological polar surface area (TPSA) is 91.8 Å². The molecule has 0 atom stereocenters. The first kappa shape index (κ1) is 17.8. The monoisotopic (exact) mass is 354 g/mol. The summed E-state index contributed by atoms with van der Waals surface area (Å²) in [6, 6.07) is 5.86. The molecule has 0 aliphatic carbocycles. The number of hydrogen-bond acceptors (Lipinski definition) is 7. The van der Waals surface area contributed by atoms with Gasteiger partial charge in [-0.3, -0.25) is 0 Å². The highest BCUT2D eigenvalue weighted by atomic mass is 16.5. The van der Waals surface area contributed by atoms with E-state index in [1.165, 1.54) is 4.80 Å². The van der Waals surface area contributed by atoms with Gasteiger partial charge < -0.3 is 9.15 Å². The Hall–Kier alpha value is -3.03. The summed E-state index contributed by atoms with van der Waals surface area (Å²) in [4.78, 5) is 1.44. The molecular weight excluding hydrogens is 332 g/mol. The third kappa shape index (κ3) is 4.53. The van der Waals surface area contributed by atoms with Gasteiger partial charge in [-0.1, -0.05) is 12.2 Å². The highest BCUT2D eigenvalue weighted by Gasteiger charge is 2.08. The normalized spacial score (nSPS) is 11.3. The minimum Gasteiger partial charge on any atom is -0.496 e. The summed E-state index contributed by atoms with van der Waals surface area (Å²) in [5.41, 5.74) is 1.90. The molecule has 0 aliphatic rings. The smallest absolute Gasteiger partial charge is 0.216 e. The van der Waals surface area contributed by atoms with Gasteiger partial charge in [-0.05, 0) is 42.7 Å². The molecule has 136 valence electrons. The van der Waals surface area contributed by atoms with Crippen LogP contribution >= 0.6 is 0 Å². The van der Waals surface area contributed by atoms with E-state index < -0.39 is 0 Å². The Kier molecular flexibility index (Phi) is 5.73. The summed E-state index contributed by atoms with van der Waals surface area (Å²) in [7, 11) is 3.41. The predicted octanol–water partition coefficient (Wildman–Crippen LogP) is 3.00. The Bertz CT molecular complexity index is 883. The van der Waals surface area contributed by atoms with Gasteiger partial charge in [0, 0.05) is 24.5 Å². The molecule has 8 nitrogen and oxygen atoms in total. The summed E-state index contributed by atoms with van der Waals surface area (Å²) in [5.74, 6) is 2.73. The summed E-state index contributed by atoms with van der Waals surface area (Å²) in [6.07, 6.45) is 8.04. The predicted molar refractivity (Wildman–Crippen MR) is 96.4 cm³/mol. The summed E-state index contributed by atoms with van der Waals surface area (Å²) in [5, 5.41) is 20.0. The van der Waals surface area contributed by atoms with Crippen molar-refractivity contribution < 1.29 is 9.15 Å². The van der Waals surface area contributed by atoms with Crippen molar-refractivity contribution in [2.75, 3.05) is 7.11 Å². The number of ether oxygens (including phenoxy) is 1. The number of tetrazole rings is 1. The zero-order valence-electron chi connectivity index (χ0n) is 15.2. The SMILES string of the molecule is COc1ccc(-c2nnn(C)n2)cc1/C=C/CCCCc1nnc(C)o1. The van der Waals surface area contributed by atoms with Crippen LogP contribution in [0.4, 0.5) is 0 Å². The molecule has 3 aromatic rings. The van der Waals surface area contributed by atoms with Gasteiger partial charge in [0.2, 0.25) is 17.6 Å². The van der Waals surface area contributed by atoms with Gasteiger partial charge in [0.05, 0.1) is 14.2 Å². The lowest BCUT2D eigenvalue weighted by atomic mass is 10.1. The number of methoxy groups -OCH3 is 1. The molecular formula is C18H22N6O2. The van der Waals surface area contributed by atoms with E-state index in [0.29, 0.717) is 17.6 Å². The molecule has 0 spiro atoms. The molecule has 0 N–H and O–H groups in total. The quantitative estimate of drug-likeness (QED) is 0.574. The van der Waals surface area contributed by atoms with E-state index in [0.717, 1.165) is 42.6 Å². The van der Waals surface area contributed by atoms with Gasteiger partial charge in [-0.15, -0.1) is 20.4 Å². The lowest BCUT2D eigenvalue weighted by Crippen LogP contribution is -1.92. The first-order valence-corrected chi connectivity index (χ1v) is 8.53. The van der Waals surface area contributed by atoms with Gasteiger partial charge >= 0.3 is 0 Å². The van der Waals surface area contributed by atoms with Crippen LogP contribution in [0, 0.1) is 6.92 Å². The molecule has 0 amide bonds. The minimum absolute atomic E-state index is 0.597. The van der Waals surface area contributed by atoms with Crippen LogP contribution in [0.15, 0.2) is 28.7 Å². The van der Waals surface area contributed by atoms with Crippen LogP contribution in [0.1, 0.15) is 36.6 Å². The second kappa shape index (κ2) is 8.37. The van der Waals surface area contributed by atoms with Crippen molar-refractivity contribution >= 4 is 6.08 Å². The molecule has 2 aromatic heterocycles. The Morgan fingerprint density at radius 2 is 2.08 bits per heavy atom. The summed E-state index contributed by atoms with van der Waals surface area (Å²) in [6.45, 7) is 1.80. The van der Waals surface area contributed by atoms with Crippen molar-refractivity contribution in [2.24, 2.45) is 7.05 Å². The van der Waals surface area contributed by atoms with Crippen molar-refractivity contribution in [3.8, 4) is 17.1 Å².